The van der Waals surface area contributed by atoms with E-state index in [0.29, 0.717) is 0 Å². The second-order valence-corrected chi connectivity index (χ2v) is 16.5. The molecular weight excluding hydrogens is 467 g/mol. The molecule has 0 bridgehead atoms. The third-order valence-corrected chi connectivity index (χ3v) is 15.2. The Morgan fingerprint density at radius 2 is 1.16 bits per heavy atom. The fraction of sp³-hybridized carbons (Fsp3) is 0.185. The van der Waals surface area contributed by atoms with E-state index in [4.69, 9.17) is 9.47 Å². The average Bonchev–Trinajstić information content (AvgIpc) is 2.83. The van der Waals surface area contributed by atoms with Crippen molar-refractivity contribution in [2.24, 2.45) is 0 Å². The minimum atomic E-state index is -2.95. The molecule has 3 rings (SSSR count). The molecule has 0 saturated carbocycles. The molecule has 3 aromatic rings. The first kappa shape index (κ1) is 23.6. The quantitative estimate of drug-likeness (QED) is 0.207. The SMILES string of the molecule is COC(/C=C/C=C(\C)CP(Br)(c1ccccc1)(c1ccccc1)c1ccccc1)OC. The van der Waals surface area contributed by atoms with Crippen molar-refractivity contribution in [2.75, 3.05) is 20.4 Å². The Labute approximate surface area is 194 Å². The summed E-state index contributed by atoms with van der Waals surface area (Å²) in [6, 6.07) is 32.5. The Bertz CT molecular complexity index is 913. The second-order valence-electron chi connectivity index (χ2n) is 7.59. The zero-order valence-electron chi connectivity index (χ0n) is 18.3. The maximum absolute atomic E-state index is 5.27. The Morgan fingerprint density at radius 1 is 0.774 bits per heavy atom. The van der Waals surface area contributed by atoms with Crippen LogP contribution >= 0.6 is 20.8 Å². The molecule has 0 unspecified atom stereocenters. The number of ether oxygens (including phenoxy) is 2. The van der Waals surface area contributed by atoms with Crippen LogP contribution in [-0.4, -0.2) is 26.7 Å². The predicted octanol–water partition coefficient (Wildman–Crippen LogP) is 5.95. The number of halogens is 1. The van der Waals surface area contributed by atoms with E-state index in [0.717, 1.165) is 6.16 Å². The van der Waals surface area contributed by atoms with Crippen LogP contribution in [0, 0.1) is 0 Å². The Morgan fingerprint density at radius 3 is 1.52 bits per heavy atom. The molecule has 0 heterocycles. The van der Waals surface area contributed by atoms with Gasteiger partial charge in [0.15, 0.2) is 0 Å². The van der Waals surface area contributed by atoms with Crippen molar-refractivity contribution >= 4 is 36.7 Å². The molecule has 0 spiro atoms. The van der Waals surface area contributed by atoms with Crippen LogP contribution in [0.25, 0.3) is 0 Å². The molecule has 2 nitrogen and oxygen atoms in total. The molecule has 0 saturated heterocycles. The van der Waals surface area contributed by atoms with Gasteiger partial charge in [0.05, 0.1) is 0 Å². The van der Waals surface area contributed by atoms with Gasteiger partial charge < -0.3 is 0 Å². The van der Waals surface area contributed by atoms with Crippen LogP contribution in [0.5, 0.6) is 0 Å². The van der Waals surface area contributed by atoms with Gasteiger partial charge in [-0.25, -0.2) is 0 Å². The summed E-state index contributed by atoms with van der Waals surface area (Å²) in [5, 5.41) is 0.994. The molecule has 4 heteroatoms. The van der Waals surface area contributed by atoms with Crippen molar-refractivity contribution in [1.82, 2.24) is 0 Å². The van der Waals surface area contributed by atoms with E-state index in [1.165, 1.54) is 21.5 Å². The first-order valence-corrected chi connectivity index (χ1v) is 14.8. The van der Waals surface area contributed by atoms with Gasteiger partial charge in [-0.15, -0.1) is 0 Å². The van der Waals surface area contributed by atoms with Gasteiger partial charge in [0.25, 0.3) is 0 Å². The molecule has 31 heavy (non-hydrogen) atoms. The standard InChI is InChI=1S/C27H30BrO2P/c1-23(14-13-21-27(29-2)30-3)22-31(28,24-15-7-4-8-16-24,25-17-9-5-10-18-25)26-19-11-6-12-20-26/h4-21,27H,22H2,1-3H3/b21-13+,23-14+. The first-order chi connectivity index (χ1) is 15.0. The average molecular weight is 497 g/mol. The van der Waals surface area contributed by atoms with Gasteiger partial charge in [-0.2, -0.15) is 0 Å². The van der Waals surface area contributed by atoms with Gasteiger partial charge in [-0.05, 0) is 0 Å². The van der Waals surface area contributed by atoms with Crippen molar-refractivity contribution in [1.29, 1.82) is 0 Å². The number of hydrogen-bond donors (Lipinski definition) is 0. The summed E-state index contributed by atoms with van der Waals surface area (Å²) in [6.45, 7) is 2.19. The molecule has 0 atom stereocenters. The van der Waals surface area contributed by atoms with Crippen LogP contribution in [0.1, 0.15) is 6.92 Å². The summed E-state index contributed by atoms with van der Waals surface area (Å²) in [5.41, 5.74) is 1.27. The van der Waals surface area contributed by atoms with Crippen LogP contribution in [0.15, 0.2) is 115 Å². The van der Waals surface area contributed by atoms with Gasteiger partial charge in [0, 0.05) is 0 Å². The van der Waals surface area contributed by atoms with E-state index in [1.807, 2.05) is 12.2 Å². The van der Waals surface area contributed by atoms with E-state index < -0.39 is 5.31 Å². The molecule has 0 aliphatic carbocycles. The van der Waals surface area contributed by atoms with E-state index in [9.17, 15) is 0 Å². The molecule has 162 valence electrons. The summed E-state index contributed by atoms with van der Waals surface area (Å²) in [5.74, 6) is 0. The number of benzene rings is 3. The van der Waals surface area contributed by atoms with Gasteiger partial charge >= 0.3 is 195 Å². The number of rotatable bonds is 9. The van der Waals surface area contributed by atoms with E-state index in [2.05, 4.69) is 119 Å². The van der Waals surface area contributed by atoms with Crippen molar-refractivity contribution in [3.63, 3.8) is 0 Å². The summed E-state index contributed by atoms with van der Waals surface area (Å²) >= 11 is 4.48. The van der Waals surface area contributed by atoms with Crippen LogP contribution in [0.2, 0.25) is 0 Å². The molecule has 3 aromatic carbocycles. The number of hydrogen-bond acceptors (Lipinski definition) is 2. The van der Waals surface area contributed by atoms with E-state index >= 15 is 0 Å². The third-order valence-electron chi connectivity index (χ3n) is 5.54. The maximum atomic E-state index is 5.27. The minimum absolute atomic E-state index is 0.347. The van der Waals surface area contributed by atoms with Crippen molar-refractivity contribution < 1.29 is 9.47 Å². The third kappa shape index (κ3) is 4.91. The second kappa shape index (κ2) is 10.5. The Kier molecular flexibility index (Phi) is 8.02. The Hall–Kier alpha value is -2.03. The molecule has 0 fully saturated rings. The van der Waals surface area contributed by atoms with Gasteiger partial charge in [-0.3, -0.25) is 0 Å². The number of allylic oxidation sites excluding steroid dienone is 3. The zero-order valence-corrected chi connectivity index (χ0v) is 20.8. The summed E-state index contributed by atoms with van der Waals surface area (Å²) in [6.07, 6.45) is 6.62. The predicted molar refractivity (Wildman–Crippen MR) is 140 cm³/mol. The molecule has 0 aliphatic heterocycles. The van der Waals surface area contributed by atoms with E-state index in [-0.39, 0.29) is 6.29 Å². The molecule has 0 aromatic heterocycles. The van der Waals surface area contributed by atoms with Crippen LogP contribution in [-0.2, 0) is 9.47 Å². The van der Waals surface area contributed by atoms with Crippen molar-refractivity contribution in [3.05, 3.63) is 115 Å². The molecule has 0 aliphatic rings. The fourth-order valence-electron chi connectivity index (χ4n) is 4.02. The van der Waals surface area contributed by atoms with Gasteiger partial charge in [0.1, 0.15) is 0 Å². The molecule has 0 N–H and O–H groups in total. The van der Waals surface area contributed by atoms with Gasteiger partial charge in [-0.1, -0.05) is 0 Å². The van der Waals surface area contributed by atoms with Crippen LogP contribution in [0.3, 0.4) is 0 Å². The fourth-order valence-corrected chi connectivity index (χ4v) is 12.2. The van der Waals surface area contributed by atoms with Crippen LogP contribution in [0.4, 0.5) is 0 Å². The Balaban J connectivity index is 2.22. The van der Waals surface area contributed by atoms with Crippen LogP contribution < -0.4 is 15.9 Å². The number of methoxy groups -OCH3 is 2. The zero-order chi connectivity index (χ0) is 22.2. The van der Waals surface area contributed by atoms with E-state index in [1.54, 1.807) is 14.2 Å². The molecular formula is C27H30BrO2P. The molecule has 0 amide bonds. The normalized spacial score (nSPS) is 14.0. The monoisotopic (exact) mass is 496 g/mol. The topological polar surface area (TPSA) is 18.5 Å². The van der Waals surface area contributed by atoms with Crippen molar-refractivity contribution in [2.45, 2.75) is 13.2 Å². The summed E-state index contributed by atoms with van der Waals surface area (Å²) in [7, 11) is 3.28. The van der Waals surface area contributed by atoms with Gasteiger partial charge in [0.2, 0.25) is 0 Å². The first-order valence-electron chi connectivity index (χ1n) is 10.3. The van der Waals surface area contributed by atoms with Crippen molar-refractivity contribution in [3.8, 4) is 0 Å². The summed E-state index contributed by atoms with van der Waals surface area (Å²) in [4.78, 5) is 0. The molecule has 0 radical (unpaired) electrons. The summed E-state index contributed by atoms with van der Waals surface area (Å²) < 4.78 is 10.5.